The number of ether oxygens (including phenoxy) is 1. The van der Waals surface area contributed by atoms with Gasteiger partial charge in [-0.3, -0.25) is 4.79 Å². The highest BCUT2D eigenvalue weighted by Crippen LogP contribution is 2.37. The summed E-state index contributed by atoms with van der Waals surface area (Å²) in [6, 6.07) is 13.6. The molecule has 5 nitrogen and oxygen atoms in total. The monoisotopic (exact) mass is 429 g/mol. The highest BCUT2D eigenvalue weighted by atomic mass is 79.9. The molecule has 0 saturated heterocycles. The molecular weight excluding hydrogens is 414 g/mol. The second-order valence-corrected chi connectivity index (χ2v) is 7.85. The molecule has 0 bridgehead atoms. The van der Waals surface area contributed by atoms with Gasteiger partial charge in [0.25, 0.3) is 5.91 Å². The van der Waals surface area contributed by atoms with Crippen molar-refractivity contribution in [3.05, 3.63) is 57.4 Å². The normalized spacial score (nSPS) is 15.8. The Bertz CT molecular complexity index is 971. The van der Waals surface area contributed by atoms with Crippen LogP contribution in [0.15, 0.2) is 46.9 Å². The fourth-order valence-electron chi connectivity index (χ4n) is 3.29. The lowest BCUT2D eigenvalue weighted by Gasteiger charge is -2.22. The second-order valence-electron chi connectivity index (χ2n) is 6.18. The predicted octanol–water partition coefficient (Wildman–Crippen LogP) is 4.57. The minimum Gasteiger partial charge on any atom is -0.497 e. The summed E-state index contributed by atoms with van der Waals surface area (Å²) in [4.78, 5) is 15.7. The third-order valence-corrected chi connectivity index (χ3v) is 5.73. The number of anilines is 1. The summed E-state index contributed by atoms with van der Waals surface area (Å²) in [6.45, 7) is 2.06. The maximum atomic E-state index is 13.3. The van der Waals surface area contributed by atoms with E-state index < -0.39 is 0 Å². The van der Waals surface area contributed by atoms with E-state index >= 15 is 0 Å². The van der Waals surface area contributed by atoms with Gasteiger partial charge in [0.1, 0.15) is 16.3 Å². The van der Waals surface area contributed by atoms with Gasteiger partial charge in [0.2, 0.25) is 0 Å². The molecule has 1 aliphatic heterocycles. The average molecular weight is 430 g/mol. The van der Waals surface area contributed by atoms with Crippen LogP contribution in [0.4, 0.5) is 5.69 Å². The molecule has 3 aromatic rings. The van der Waals surface area contributed by atoms with Gasteiger partial charge in [-0.25, -0.2) is 0 Å². The first kappa shape index (κ1) is 17.2. The van der Waals surface area contributed by atoms with Gasteiger partial charge in [-0.1, -0.05) is 20.4 Å². The van der Waals surface area contributed by atoms with Crippen LogP contribution < -0.4 is 9.64 Å². The van der Waals surface area contributed by atoms with E-state index in [4.69, 9.17) is 4.74 Å². The van der Waals surface area contributed by atoms with E-state index in [1.165, 1.54) is 5.56 Å². The van der Waals surface area contributed by atoms with Crippen LogP contribution in [0.1, 0.15) is 22.2 Å². The van der Waals surface area contributed by atoms with Crippen molar-refractivity contribution >= 4 is 39.1 Å². The van der Waals surface area contributed by atoms with Crippen molar-refractivity contribution in [1.29, 1.82) is 0 Å². The van der Waals surface area contributed by atoms with Gasteiger partial charge in [0.15, 0.2) is 0 Å². The maximum Gasteiger partial charge on any atom is 0.272 e. The summed E-state index contributed by atoms with van der Waals surface area (Å²) in [7, 11) is 1.62. The smallest absolute Gasteiger partial charge is 0.272 e. The third-order valence-electron chi connectivity index (χ3n) is 4.52. The van der Waals surface area contributed by atoms with E-state index in [-0.39, 0.29) is 11.9 Å². The molecule has 0 saturated carbocycles. The molecule has 1 aliphatic rings. The summed E-state index contributed by atoms with van der Waals surface area (Å²) < 4.78 is 10.3. The van der Waals surface area contributed by atoms with Crippen LogP contribution in [0.25, 0.3) is 11.3 Å². The number of benzene rings is 2. The van der Waals surface area contributed by atoms with Crippen LogP contribution in [0.2, 0.25) is 0 Å². The number of carbonyl (C=O) groups excluding carboxylic acids is 1. The van der Waals surface area contributed by atoms with E-state index in [1.54, 1.807) is 7.11 Å². The number of amides is 1. The van der Waals surface area contributed by atoms with Crippen molar-refractivity contribution in [1.82, 2.24) is 9.59 Å². The third kappa shape index (κ3) is 2.91. The number of nitrogens with zero attached hydrogens (tertiary/aromatic N) is 3. The number of rotatable bonds is 3. The van der Waals surface area contributed by atoms with Crippen LogP contribution in [-0.4, -0.2) is 28.6 Å². The predicted molar refractivity (Wildman–Crippen MR) is 106 cm³/mol. The SMILES string of the molecule is COc1ccc(-c2nnsc2C(=O)N2c3ccc(Br)cc3C[C@H]2C)cc1. The van der Waals surface area contributed by atoms with Crippen LogP contribution in [-0.2, 0) is 6.42 Å². The first-order valence-electron chi connectivity index (χ1n) is 8.17. The summed E-state index contributed by atoms with van der Waals surface area (Å²) >= 11 is 4.64. The molecule has 1 aromatic heterocycles. The summed E-state index contributed by atoms with van der Waals surface area (Å²) in [6.07, 6.45) is 0.838. The number of methoxy groups -OCH3 is 1. The quantitative estimate of drug-likeness (QED) is 0.611. The highest BCUT2D eigenvalue weighted by molar-refractivity contribution is 9.10. The Balaban J connectivity index is 1.71. The maximum absolute atomic E-state index is 13.3. The van der Waals surface area contributed by atoms with Gasteiger partial charge in [-0.15, -0.1) is 5.10 Å². The number of hydrogen-bond acceptors (Lipinski definition) is 5. The first-order valence-corrected chi connectivity index (χ1v) is 9.74. The number of carbonyl (C=O) groups is 1. The van der Waals surface area contributed by atoms with E-state index in [0.717, 1.165) is 39.4 Å². The minimum atomic E-state index is -0.0561. The molecule has 1 atom stereocenters. The fourth-order valence-corrected chi connectivity index (χ4v) is 4.32. The Labute approximate surface area is 163 Å². The number of aromatic nitrogens is 2. The molecule has 2 heterocycles. The molecule has 4 rings (SSSR count). The molecule has 0 aliphatic carbocycles. The molecule has 2 aromatic carbocycles. The van der Waals surface area contributed by atoms with Crippen molar-refractivity contribution in [2.24, 2.45) is 0 Å². The zero-order valence-electron chi connectivity index (χ0n) is 14.3. The average Bonchev–Trinajstić information content (AvgIpc) is 3.25. The van der Waals surface area contributed by atoms with Crippen LogP contribution >= 0.6 is 27.5 Å². The Hall–Kier alpha value is -2.25. The Morgan fingerprint density at radius 1 is 1.27 bits per heavy atom. The van der Waals surface area contributed by atoms with Crippen LogP contribution in [0, 0.1) is 0 Å². The lowest BCUT2D eigenvalue weighted by atomic mass is 10.1. The van der Waals surface area contributed by atoms with E-state index in [0.29, 0.717) is 10.6 Å². The molecular formula is C19H16BrN3O2S. The molecule has 0 radical (unpaired) electrons. The number of hydrogen-bond donors (Lipinski definition) is 0. The van der Waals surface area contributed by atoms with Crippen LogP contribution in [0.3, 0.4) is 0 Å². The number of fused-ring (bicyclic) bond motifs is 1. The standard InChI is InChI=1S/C19H16BrN3O2S/c1-11-9-13-10-14(20)5-8-16(13)23(11)19(24)18-17(21-22-26-18)12-3-6-15(25-2)7-4-12/h3-8,10-11H,9H2,1-2H3/t11-/m1/s1. The fraction of sp³-hybridized carbons (Fsp3) is 0.211. The Morgan fingerprint density at radius 2 is 2.04 bits per heavy atom. The lowest BCUT2D eigenvalue weighted by Crippen LogP contribution is -2.35. The van der Waals surface area contributed by atoms with Crippen molar-refractivity contribution < 1.29 is 9.53 Å². The molecule has 0 spiro atoms. The van der Waals surface area contributed by atoms with E-state index in [2.05, 4.69) is 38.5 Å². The second kappa shape index (κ2) is 6.81. The van der Waals surface area contributed by atoms with Gasteiger partial charge in [-0.2, -0.15) is 0 Å². The topological polar surface area (TPSA) is 55.3 Å². The summed E-state index contributed by atoms with van der Waals surface area (Å²) in [5.74, 6) is 0.705. The van der Waals surface area contributed by atoms with Gasteiger partial charge in [0, 0.05) is 21.8 Å². The van der Waals surface area contributed by atoms with Gasteiger partial charge >= 0.3 is 0 Å². The Morgan fingerprint density at radius 3 is 2.77 bits per heavy atom. The molecule has 0 unspecified atom stereocenters. The van der Waals surface area contributed by atoms with Crippen LogP contribution in [0.5, 0.6) is 5.75 Å². The first-order chi connectivity index (χ1) is 12.6. The molecule has 7 heteroatoms. The zero-order valence-corrected chi connectivity index (χ0v) is 16.7. The van der Waals surface area contributed by atoms with Crippen molar-refractivity contribution in [2.45, 2.75) is 19.4 Å². The van der Waals surface area contributed by atoms with Crippen molar-refractivity contribution in [3.8, 4) is 17.0 Å². The molecule has 1 amide bonds. The Kier molecular flexibility index (Phi) is 4.50. The molecule has 0 N–H and O–H groups in total. The molecule has 132 valence electrons. The molecule has 0 fully saturated rings. The summed E-state index contributed by atoms with van der Waals surface area (Å²) in [5.41, 5.74) is 3.59. The van der Waals surface area contributed by atoms with E-state index in [9.17, 15) is 4.79 Å². The van der Waals surface area contributed by atoms with Crippen molar-refractivity contribution in [3.63, 3.8) is 0 Å². The van der Waals surface area contributed by atoms with Gasteiger partial charge in [-0.05, 0) is 72.9 Å². The highest BCUT2D eigenvalue weighted by Gasteiger charge is 2.34. The largest absolute Gasteiger partial charge is 0.497 e. The van der Waals surface area contributed by atoms with Crippen molar-refractivity contribution in [2.75, 3.05) is 12.0 Å². The minimum absolute atomic E-state index is 0.0561. The summed E-state index contributed by atoms with van der Waals surface area (Å²) in [5, 5.41) is 4.20. The number of halogens is 1. The van der Waals surface area contributed by atoms with Gasteiger partial charge in [0.05, 0.1) is 7.11 Å². The lowest BCUT2D eigenvalue weighted by molar-refractivity contribution is 0.0986. The zero-order chi connectivity index (χ0) is 18.3. The van der Waals surface area contributed by atoms with Gasteiger partial charge < -0.3 is 9.64 Å². The van der Waals surface area contributed by atoms with E-state index in [1.807, 2.05) is 41.3 Å². The molecule has 26 heavy (non-hydrogen) atoms.